The molecule has 0 fully saturated rings. The lowest BCUT2D eigenvalue weighted by Gasteiger charge is -2.29. The Morgan fingerprint density at radius 3 is 2.78 bits per heavy atom. The number of aromatic nitrogens is 1. The van der Waals surface area contributed by atoms with Crippen molar-refractivity contribution < 1.29 is 5.11 Å². The summed E-state index contributed by atoms with van der Waals surface area (Å²) in [5.41, 5.74) is -0.0538. The van der Waals surface area contributed by atoms with E-state index in [1.165, 1.54) is 0 Å². The SMILES string of the molecule is CN1CCCCCC(C)(O)c2cccc(n2)N1C. The van der Waals surface area contributed by atoms with Gasteiger partial charge in [-0.25, -0.2) is 9.99 Å². The molecule has 0 saturated carbocycles. The van der Waals surface area contributed by atoms with Crippen LogP contribution in [0.4, 0.5) is 5.82 Å². The Kier molecular flexibility index (Phi) is 3.88. The van der Waals surface area contributed by atoms with Crippen molar-refractivity contribution in [2.45, 2.75) is 38.2 Å². The second-order valence-electron chi connectivity index (χ2n) is 5.37. The Labute approximate surface area is 109 Å². The molecular weight excluding hydrogens is 226 g/mol. The highest BCUT2D eigenvalue weighted by atomic mass is 16.3. The fourth-order valence-electron chi connectivity index (χ4n) is 2.34. The fourth-order valence-corrected chi connectivity index (χ4v) is 2.34. The Morgan fingerprint density at radius 1 is 1.22 bits per heavy atom. The molecule has 0 radical (unpaired) electrons. The molecule has 1 unspecified atom stereocenters. The van der Waals surface area contributed by atoms with E-state index >= 15 is 0 Å². The first-order valence-electron chi connectivity index (χ1n) is 6.65. The normalized spacial score (nSPS) is 26.8. The van der Waals surface area contributed by atoms with E-state index in [1.807, 2.05) is 37.2 Å². The van der Waals surface area contributed by atoms with Gasteiger partial charge in [0.05, 0.1) is 5.69 Å². The van der Waals surface area contributed by atoms with Crippen molar-refractivity contribution in [3.8, 4) is 0 Å². The summed E-state index contributed by atoms with van der Waals surface area (Å²) in [5, 5.41) is 14.7. The highest BCUT2D eigenvalue weighted by molar-refractivity contribution is 5.38. The molecule has 0 spiro atoms. The molecule has 1 aromatic heterocycles. The predicted molar refractivity (Wildman–Crippen MR) is 73.3 cm³/mol. The Bertz CT molecular complexity index is 406. The molecule has 1 N–H and O–H groups in total. The van der Waals surface area contributed by atoms with Gasteiger partial charge in [0.15, 0.2) is 0 Å². The first-order valence-corrected chi connectivity index (χ1v) is 6.65. The van der Waals surface area contributed by atoms with Crippen LogP contribution in [0.1, 0.15) is 38.3 Å². The molecule has 2 heterocycles. The Balaban J connectivity index is 2.36. The second-order valence-corrected chi connectivity index (χ2v) is 5.37. The minimum atomic E-state index is -0.820. The highest BCUT2D eigenvalue weighted by Gasteiger charge is 2.25. The van der Waals surface area contributed by atoms with Gasteiger partial charge < -0.3 is 5.11 Å². The summed E-state index contributed by atoms with van der Waals surface area (Å²) < 4.78 is 0. The number of pyridine rings is 1. The second kappa shape index (κ2) is 5.24. The maximum Gasteiger partial charge on any atom is 0.143 e. The van der Waals surface area contributed by atoms with Crippen molar-refractivity contribution in [3.05, 3.63) is 23.9 Å². The summed E-state index contributed by atoms with van der Waals surface area (Å²) in [4.78, 5) is 4.59. The zero-order valence-corrected chi connectivity index (χ0v) is 11.6. The highest BCUT2D eigenvalue weighted by Crippen LogP contribution is 2.27. The number of aliphatic hydroxyl groups is 1. The number of anilines is 1. The number of fused-ring (bicyclic) bond motifs is 2. The predicted octanol–water partition coefficient (Wildman–Crippen LogP) is 2.15. The van der Waals surface area contributed by atoms with Gasteiger partial charge in [-0.05, 0) is 31.9 Å². The van der Waals surface area contributed by atoms with Crippen LogP contribution in [0.15, 0.2) is 18.2 Å². The van der Waals surface area contributed by atoms with Crippen LogP contribution in [0.5, 0.6) is 0 Å². The number of hydrogen-bond acceptors (Lipinski definition) is 4. The van der Waals surface area contributed by atoms with Gasteiger partial charge in [-0.15, -0.1) is 0 Å². The third-order valence-electron chi connectivity index (χ3n) is 3.78. The van der Waals surface area contributed by atoms with Gasteiger partial charge in [0, 0.05) is 20.6 Å². The van der Waals surface area contributed by atoms with E-state index in [2.05, 4.69) is 17.0 Å². The molecule has 0 saturated heterocycles. The number of nitrogens with zero attached hydrogens (tertiary/aromatic N) is 3. The van der Waals surface area contributed by atoms with Crippen molar-refractivity contribution in [1.82, 2.24) is 9.99 Å². The van der Waals surface area contributed by atoms with Gasteiger partial charge in [0.2, 0.25) is 0 Å². The van der Waals surface area contributed by atoms with Crippen LogP contribution >= 0.6 is 0 Å². The summed E-state index contributed by atoms with van der Waals surface area (Å²) in [7, 11) is 4.09. The van der Waals surface area contributed by atoms with Gasteiger partial charge in [0.25, 0.3) is 0 Å². The smallest absolute Gasteiger partial charge is 0.143 e. The van der Waals surface area contributed by atoms with Gasteiger partial charge in [-0.1, -0.05) is 18.9 Å². The summed E-state index contributed by atoms with van der Waals surface area (Å²) >= 11 is 0. The first kappa shape index (κ1) is 13.3. The van der Waals surface area contributed by atoms with Gasteiger partial charge in [-0.2, -0.15) is 0 Å². The largest absolute Gasteiger partial charge is 0.384 e. The average molecular weight is 249 g/mol. The molecule has 1 atom stereocenters. The minimum absolute atomic E-state index is 0.766. The van der Waals surface area contributed by atoms with E-state index in [9.17, 15) is 5.11 Å². The van der Waals surface area contributed by atoms with E-state index in [0.717, 1.165) is 43.7 Å². The number of hydrogen-bond donors (Lipinski definition) is 1. The van der Waals surface area contributed by atoms with Crippen LogP contribution in [0.3, 0.4) is 0 Å². The maximum absolute atomic E-state index is 10.5. The molecule has 1 aromatic rings. The first-order chi connectivity index (χ1) is 8.50. The van der Waals surface area contributed by atoms with E-state index in [-0.39, 0.29) is 0 Å². The molecule has 100 valence electrons. The van der Waals surface area contributed by atoms with E-state index < -0.39 is 5.60 Å². The van der Waals surface area contributed by atoms with Crippen LogP contribution < -0.4 is 5.01 Å². The minimum Gasteiger partial charge on any atom is -0.384 e. The van der Waals surface area contributed by atoms with Crippen LogP contribution in [-0.4, -0.2) is 35.7 Å². The average Bonchev–Trinajstić information content (AvgIpc) is 2.37. The Hall–Kier alpha value is -1.13. The molecular formula is C14H23N3O. The lowest BCUT2D eigenvalue weighted by atomic mass is 9.94. The van der Waals surface area contributed by atoms with Crippen LogP contribution in [0.2, 0.25) is 0 Å². The van der Waals surface area contributed by atoms with Gasteiger partial charge >= 0.3 is 0 Å². The monoisotopic (exact) mass is 249 g/mol. The van der Waals surface area contributed by atoms with Crippen molar-refractivity contribution in [3.63, 3.8) is 0 Å². The molecule has 4 heteroatoms. The van der Waals surface area contributed by atoms with Crippen LogP contribution in [0, 0.1) is 0 Å². The van der Waals surface area contributed by atoms with E-state index in [1.54, 1.807) is 0 Å². The molecule has 2 bridgehead atoms. The molecule has 18 heavy (non-hydrogen) atoms. The third-order valence-corrected chi connectivity index (χ3v) is 3.78. The van der Waals surface area contributed by atoms with E-state index in [0.29, 0.717) is 0 Å². The number of hydrazine groups is 1. The summed E-state index contributed by atoms with van der Waals surface area (Å²) in [6, 6.07) is 5.86. The topological polar surface area (TPSA) is 39.6 Å². The number of rotatable bonds is 0. The van der Waals surface area contributed by atoms with Crippen molar-refractivity contribution in [2.24, 2.45) is 0 Å². The zero-order valence-electron chi connectivity index (χ0n) is 11.6. The molecule has 0 aromatic carbocycles. The fraction of sp³-hybridized carbons (Fsp3) is 0.643. The van der Waals surface area contributed by atoms with Crippen molar-refractivity contribution in [1.29, 1.82) is 0 Å². The third kappa shape index (κ3) is 2.82. The Morgan fingerprint density at radius 2 is 2.00 bits per heavy atom. The van der Waals surface area contributed by atoms with E-state index in [4.69, 9.17) is 0 Å². The lowest BCUT2D eigenvalue weighted by Crippen LogP contribution is -2.38. The summed E-state index contributed by atoms with van der Waals surface area (Å²) in [6.07, 6.45) is 4.10. The molecule has 1 aliphatic rings. The van der Waals surface area contributed by atoms with Gasteiger partial charge in [0.1, 0.15) is 11.4 Å². The molecule has 0 aliphatic carbocycles. The van der Waals surface area contributed by atoms with Crippen molar-refractivity contribution >= 4 is 5.82 Å². The summed E-state index contributed by atoms with van der Waals surface area (Å²) in [6.45, 7) is 2.88. The van der Waals surface area contributed by atoms with Crippen LogP contribution in [-0.2, 0) is 5.60 Å². The molecule has 1 aliphatic heterocycles. The quantitative estimate of drug-likeness (QED) is 0.764. The summed E-state index contributed by atoms with van der Waals surface area (Å²) in [5.74, 6) is 0.886. The zero-order chi connectivity index (χ0) is 13.2. The lowest BCUT2D eigenvalue weighted by molar-refractivity contribution is 0.0406. The van der Waals surface area contributed by atoms with Gasteiger partial charge in [-0.3, -0.25) is 5.01 Å². The van der Waals surface area contributed by atoms with Crippen molar-refractivity contribution in [2.75, 3.05) is 25.6 Å². The molecule has 4 nitrogen and oxygen atoms in total. The molecule has 0 amide bonds. The molecule has 2 rings (SSSR count). The maximum atomic E-state index is 10.5. The standard InChI is InChI=1S/C14H23N3O/c1-14(18)10-5-4-6-11-16(2)17(3)13-9-7-8-12(14)15-13/h7-9,18H,4-6,10-11H2,1-3H3. The van der Waals surface area contributed by atoms with Crippen LogP contribution in [0.25, 0.3) is 0 Å².